The molecule has 0 heterocycles. The van der Waals surface area contributed by atoms with Gasteiger partial charge in [-0.05, 0) is 6.07 Å². The van der Waals surface area contributed by atoms with Crippen LogP contribution in [0.15, 0.2) is 24.3 Å². The largest absolute Gasteiger partial charge is 0.464 e. The molecule has 6 nitrogen and oxygen atoms in total. The Morgan fingerprint density at radius 1 is 1.43 bits per heavy atom. The molecule has 0 aliphatic heterocycles. The second-order valence-corrected chi connectivity index (χ2v) is 4.86. The number of carboxylic acid groups (broad SMARTS) is 1. The fraction of sp³-hybridized carbons (Fsp3) is 0.231. The van der Waals surface area contributed by atoms with Crippen LogP contribution >= 0.6 is 12.1 Å². The number of benzene rings is 1. The molecular formula is C13H13FN2O4S. The smallest absolute Gasteiger partial charge is 0.418 e. The molecule has 0 bridgehead atoms. The van der Waals surface area contributed by atoms with E-state index in [1.54, 1.807) is 31.2 Å². The van der Waals surface area contributed by atoms with Crippen LogP contribution in [0, 0.1) is 12.0 Å². The van der Waals surface area contributed by atoms with Gasteiger partial charge in [-0.25, -0.2) is 18.2 Å². The van der Waals surface area contributed by atoms with Crippen molar-refractivity contribution in [3.05, 3.63) is 29.8 Å². The fourth-order valence-corrected chi connectivity index (χ4v) is 1.93. The van der Waals surface area contributed by atoms with Crippen LogP contribution < -0.4 is 4.74 Å². The lowest BCUT2D eigenvalue weighted by Gasteiger charge is -2.21. The number of nitrogens with zero attached hydrogens (tertiary/aromatic N) is 2. The van der Waals surface area contributed by atoms with Crippen LogP contribution in [0.2, 0.25) is 0 Å². The molecule has 1 N–H and O–H groups in total. The number of ether oxygens (including phenoxy) is 1. The second kappa shape index (κ2) is 8.01. The minimum Gasteiger partial charge on any atom is -0.464 e. The summed E-state index contributed by atoms with van der Waals surface area (Å²) in [4.78, 5) is 21.7. The van der Waals surface area contributed by atoms with E-state index in [0.29, 0.717) is 32.1 Å². The van der Waals surface area contributed by atoms with E-state index in [1.807, 2.05) is 0 Å². The van der Waals surface area contributed by atoms with Crippen molar-refractivity contribution >= 4 is 24.4 Å². The average Bonchev–Trinajstić information content (AvgIpc) is 2.45. The van der Waals surface area contributed by atoms with Gasteiger partial charge in [0, 0.05) is 19.5 Å². The molecule has 0 radical (unpaired) electrons. The molecule has 1 aromatic rings. The summed E-state index contributed by atoms with van der Waals surface area (Å²) in [5.74, 6) is 2.92. The van der Waals surface area contributed by atoms with E-state index in [0.717, 1.165) is 0 Å². The third kappa shape index (κ3) is 5.24. The van der Waals surface area contributed by atoms with Crippen molar-refractivity contribution < 1.29 is 23.8 Å². The number of rotatable bonds is 5. The maximum Gasteiger partial charge on any atom is 0.418 e. The van der Waals surface area contributed by atoms with E-state index >= 15 is 0 Å². The van der Waals surface area contributed by atoms with Crippen molar-refractivity contribution in [3.8, 4) is 17.8 Å². The van der Waals surface area contributed by atoms with Gasteiger partial charge in [-0.15, -0.1) is 4.39 Å². The molecular weight excluding hydrogens is 299 g/mol. The Labute approximate surface area is 125 Å². The van der Waals surface area contributed by atoms with Crippen molar-refractivity contribution in [1.82, 2.24) is 8.61 Å². The monoisotopic (exact) mass is 312 g/mol. The highest BCUT2D eigenvalue weighted by Crippen LogP contribution is 2.25. The minimum absolute atomic E-state index is 0.167. The Morgan fingerprint density at radius 2 is 2.10 bits per heavy atom. The van der Waals surface area contributed by atoms with Gasteiger partial charge in [0.05, 0.1) is 18.7 Å². The Kier molecular flexibility index (Phi) is 6.36. The first-order chi connectivity index (χ1) is 9.95. The van der Waals surface area contributed by atoms with Gasteiger partial charge >= 0.3 is 12.3 Å². The van der Waals surface area contributed by atoms with E-state index in [1.165, 1.54) is 7.05 Å². The van der Waals surface area contributed by atoms with Gasteiger partial charge in [-0.2, -0.15) is 0 Å². The maximum atomic E-state index is 13.0. The van der Waals surface area contributed by atoms with E-state index in [-0.39, 0.29) is 6.54 Å². The van der Waals surface area contributed by atoms with Crippen molar-refractivity contribution in [2.24, 2.45) is 0 Å². The van der Waals surface area contributed by atoms with Gasteiger partial charge in [0.2, 0.25) is 0 Å². The third-order valence-corrected chi connectivity index (χ3v) is 3.11. The van der Waals surface area contributed by atoms with Crippen molar-refractivity contribution in [2.75, 3.05) is 7.05 Å². The molecule has 1 aromatic carbocycles. The highest BCUT2D eigenvalue weighted by molar-refractivity contribution is 7.95. The number of halogens is 1. The highest BCUT2D eigenvalue weighted by atomic mass is 32.2. The van der Waals surface area contributed by atoms with Crippen LogP contribution in [0.1, 0.15) is 12.5 Å². The molecule has 0 unspecified atom stereocenters. The topological polar surface area (TPSA) is 70.1 Å². The Hall–Kier alpha value is -2.40. The standard InChI is InChI=1S/C13H13FN2O4S/c1-3-8-20-11-7-5-4-6-10(11)9-16(12(14)17)21-15(2)13(18)19/h4-7H,9H2,1-2H3,(H,18,19). The van der Waals surface area contributed by atoms with E-state index in [4.69, 9.17) is 9.84 Å². The van der Waals surface area contributed by atoms with E-state index in [9.17, 15) is 14.0 Å². The number of hydrogen-bond donors (Lipinski definition) is 1. The van der Waals surface area contributed by atoms with Crippen LogP contribution in [-0.4, -0.2) is 33.0 Å². The molecule has 0 aromatic heterocycles. The van der Waals surface area contributed by atoms with Crippen LogP contribution in [0.25, 0.3) is 0 Å². The van der Waals surface area contributed by atoms with Crippen molar-refractivity contribution in [1.29, 1.82) is 0 Å². The van der Waals surface area contributed by atoms with Crippen LogP contribution in [0.3, 0.4) is 0 Å². The lowest BCUT2D eigenvalue weighted by Crippen LogP contribution is -2.28. The molecule has 0 aliphatic rings. The Bertz CT molecular complexity index is 585. The Balaban J connectivity index is 2.90. The minimum atomic E-state index is -1.76. The summed E-state index contributed by atoms with van der Waals surface area (Å²) in [5, 5.41) is 8.75. The SMILES string of the molecule is CC#COc1ccccc1CN(SN(C)C(=O)O)C(=O)F. The second-order valence-electron chi connectivity index (χ2n) is 3.71. The van der Waals surface area contributed by atoms with Gasteiger partial charge < -0.3 is 9.84 Å². The van der Waals surface area contributed by atoms with Gasteiger partial charge in [0.25, 0.3) is 0 Å². The molecule has 0 saturated carbocycles. The lowest BCUT2D eigenvalue weighted by molar-refractivity contribution is 0.178. The van der Waals surface area contributed by atoms with Gasteiger partial charge in [0.15, 0.2) is 0 Å². The first kappa shape index (κ1) is 16.7. The zero-order valence-electron chi connectivity index (χ0n) is 11.4. The highest BCUT2D eigenvalue weighted by Gasteiger charge is 2.21. The zero-order chi connectivity index (χ0) is 15.8. The number of carbonyl (C=O) groups is 2. The molecule has 0 fully saturated rings. The number of hydrogen-bond acceptors (Lipinski definition) is 4. The third-order valence-electron chi connectivity index (χ3n) is 2.24. The first-order valence-electron chi connectivity index (χ1n) is 5.74. The summed E-state index contributed by atoms with van der Waals surface area (Å²) in [6.45, 7) is 1.43. The molecule has 0 spiro atoms. The summed E-state index contributed by atoms with van der Waals surface area (Å²) >= 11 is 0.439. The van der Waals surface area contributed by atoms with Gasteiger partial charge in [0.1, 0.15) is 11.9 Å². The molecule has 0 aliphatic carbocycles. The molecule has 0 saturated heterocycles. The summed E-state index contributed by atoms with van der Waals surface area (Å²) in [6, 6.07) is 6.64. The van der Waals surface area contributed by atoms with E-state index in [2.05, 4.69) is 12.0 Å². The molecule has 0 atom stereocenters. The van der Waals surface area contributed by atoms with Gasteiger partial charge in [-0.1, -0.05) is 24.1 Å². The predicted molar refractivity (Wildman–Crippen MR) is 75.9 cm³/mol. The van der Waals surface area contributed by atoms with Gasteiger partial charge in [-0.3, -0.25) is 0 Å². The molecule has 2 amide bonds. The van der Waals surface area contributed by atoms with Crippen molar-refractivity contribution in [2.45, 2.75) is 13.5 Å². The van der Waals surface area contributed by atoms with E-state index < -0.39 is 12.3 Å². The number of carbonyl (C=O) groups excluding carboxylic acids is 1. The maximum absolute atomic E-state index is 13.0. The van der Waals surface area contributed by atoms with Crippen molar-refractivity contribution in [3.63, 3.8) is 0 Å². The molecule has 8 heteroatoms. The molecule has 21 heavy (non-hydrogen) atoms. The van der Waals surface area contributed by atoms with Crippen LogP contribution in [0.5, 0.6) is 5.75 Å². The normalized spacial score (nSPS) is 9.29. The van der Waals surface area contributed by atoms with Crippen LogP contribution in [0.4, 0.5) is 14.0 Å². The average molecular weight is 312 g/mol. The fourth-order valence-electron chi connectivity index (χ4n) is 1.30. The lowest BCUT2D eigenvalue weighted by atomic mass is 10.2. The quantitative estimate of drug-likeness (QED) is 0.391. The predicted octanol–water partition coefficient (Wildman–Crippen LogP) is 3.11. The number of para-hydroxylation sites is 1. The Morgan fingerprint density at radius 3 is 2.67 bits per heavy atom. The summed E-state index contributed by atoms with van der Waals surface area (Å²) < 4.78 is 19.6. The summed E-state index contributed by atoms with van der Waals surface area (Å²) in [5.41, 5.74) is 0.498. The molecule has 1 rings (SSSR count). The zero-order valence-corrected chi connectivity index (χ0v) is 12.2. The first-order valence-corrected chi connectivity index (χ1v) is 6.47. The van der Waals surface area contributed by atoms with Crippen LogP contribution in [-0.2, 0) is 6.54 Å². The number of amides is 2. The molecule has 112 valence electrons. The summed E-state index contributed by atoms with van der Waals surface area (Å²) in [6.07, 6.45) is -0.650. The summed E-state index contributed by atoms with van der Waals surface area (Å²) in [7, 11) is 1.20.